The Morgan fingerprint density at radius 3 is 2.52 bits per heavy atom. The van der Waals surface area contributed by atoms with Gasteiger partial charge in [0.2, 0.25) is 5.91 Å². The molecular formula is C23H24F4N4OS. The van der Waals surface area contributed by atoms with E-state index in [1.807, 2.05) is 13.0 Å². The van der Waals surface area contributed by atoms with Crippen LogP contribution in [0.2, 0.25) is 0 Å². The predicted octanol–water partition coefficient (Wildman–Crippen LogP) is 4.47. The van der Waals surface area contributed by atoms with E-state index in [0.29, 0.717) is 17.7 Å². The van der Waals surface area contributed by atoms with Gasteiger partial charge in [0.1, 0.15) is 5.54 Å². The van der Waals surface area contributed by atoms with Crippen molar-refractivity contribution in [2.24, 2.45) is 0 Å². The van der Waals surface area contributed by atoms with Gasteiger partial charge in [0, 0.05) is 30.1 Å². The van der Waals surface area contributed by atoms with Crippen LogP contribution in [0.15, 0.2) is 53.7 Å². The highest BCUT2D eigenvalue weighted by Crippen LogP contribution is 2.37. The number of amides is 1. The zero-order valence-corrected chi connectivity index (χ0v) is 18.8. The Morgan fingerprint density at radius 1 is 1.24 bits per heavy atom. The van der Waals surface area contributed by atoms with Crippen LogP contribution in [-0.4, -0.2) is 40.2 Å². The van der Waals surface area contributed by atoms with Gasteiger partial charge in [0.25, 0.3) is 5.92 Å². The summed E-state index contributed by atoms with van der Waals surface area (Å²) in [5.41, 5.74) is 0.0759. The van der Waals surface area contributed by atoms with Crippen molar-refractivity contribution < 1.29 is 22.4 Å². The number of halogens is 4. The zero-order chi connectivity index (χ0) is 24.1. The fourth-order valence-corrected chi connectivity index (χ4v) is 3.97. The molecule has 1 aromatic carbocycles. The molecule has 1 saturated carbocycles. The monoisotopic (exact) mass is 480 g/mol. The molecule has 176 valence electrons. The molecule has 1 heterocycles. The molecule has 0 saturated heterocycles. The maximum Gasteiger partial charge on any atom is 0.310 e. The van der Waals surface area contributed by atoms with Crippen molar-refractivity contribution >= 4 is 17.7 Å². The number of carbonyl (C=O) groups excluding carboxylic acids is 1. The summed E-state index contributed by atoms with van der Waals surface area (Å²) in [5, 5.41) is 10.6. The molecule has 2 N–H and O–H groups in total. The van der Waals surface area contributed by atoms with Crippen LogP contribution < -0.4 is 10.6 Å². The summed E-state index contributed by atoms with van der Waals surface area (Å²) < 4.78 is 58.6. The molecule has 0 radical (unpaired) electrons. The van der Waals surface area contributed by atoms with Crippen molar-refractivity contribution in [3.8, 4) is 6.07 Å². The van der Waals surface area contributed by atoms with Crippen LogP contribution >= 0.6 is 11.8 Å². The number of nitrogens with zero attached hydrogens (tertiary/aromatic N) is 2. The van der Waals surface area contributed by atoms with E-state index >= 15 is 0 Å². The van der Waals surface area contributed by atoms with Gasteiger partial charge in [-0.15, -0.1) is 0 Å². The Labute approximate surface area is 194 Å². The molecule has 1 aliphatic carbocycles. The van der Waals surface area contributed by atoms with E-state index in [0.717, 1.165) is 5.56 Å². The second-order valence-corrected chi connectivity index (χ2v) is 9.54. The van der Waals surface area contributed by atoms with Crippen molar-refractivity contribution in [2.75, 3.05) is 6.54 Å². The fraction of sp³-hybridized carbons (Fsp3) is 0.435. The Kier molecular flexibility index (Phi) is 7.65. The lowest BCUT2D eigenvalue weighted by atomic mass is 10.0. The summed E-state index contributed by atoms with van der Waals surface area (Å²) >= 11 is 0.283. The van der Waals surface area contributed by atoms with Gasteiger partial charge >= 0.3 is 5.25 Å². The van der Waals surface area contributed by atoms with Crippen molar-refractivity contribution in [1.29, 1.82) is 5.26 Å². The molecule has 1 amide bonds. The van der Waals surface area contributed by atoms with Crippen molar-refractivity contribution in [1.82, 2.24) is 15.6 Å². The lowest BCUT2D eigenvalue weighted by Crippen LogP contribution is -2.52. The van der Waals surface area contributed by atoms with Crippen LogP contribution in [0.25, 0.3) is 0 Å². The van der Waals surface area contributed by atoms with E-state index in [1.54, 1.807) is 24.3 Å². The molecule has 33 heavy (non-hydrogen) atoms. The maximum atomic E-state index is 14.7. The number of aryl methyl sites for hydroxylation is 1. The number of carbonyl (C=O) groups is 1. The molecule has 2 aromatic rings. The predicted molar refractivity (Wildman–Crippen MR) is 117 cm³/mol. The number of hydrogen-bond donors (Lipinski definition) is 2. The molecule has 5 nitrogen and oxygen atoms in total. The molecule has 10 heteroatoms. The highest BCUT2D eigenvalue weighted by Gasteiger charge is 2.47. The molecule has 0 unspecified atom stereocenters. The summed E-state index contributed by atoms with van der Waals surface area (Å²) in [4.78, 5) is 16.8. The first kappa shape index (κ1) is 25.0. The highest BCUT2D eigenvalue weighted by atomic mass is 32.2. The highest BCUT2D eigenvalue weighted by molar-refractivity contribution is 8.00. The smallest absolute Gasteiger partial charge is 0.310 e. The number of pyridine rings is 1. The van der Waals surface area contributed by atoms with E-state index in [-0.39, 0.29) is 17.3 Å². The first-order chi connectivity index (χ1) is 15.5. The van der Waals surface area contributed by atoms with Crippen LogP contribution in [0.1, 0.15) is 30.4 Å². The van der Waals surface area contributed by atoms with Crippen LogP contribution in [0.4, 0.5) is 17.6 Å². The van der Waals surface area contributed by atoms with Gasteiger partial charge in [0.15, 0.2) is 0 Å². The van der Waals surface area contributed by atoms with E-state index in [1.165, 1.54) is 24.5 Å². The van der Waals surface area contributed by atoms with Gasteiger partial charge in [-0.05, 0) is 43.5 Å². The molecule has 0 aliphatic heterocycles. The van der Waals surface area contributed by atoms with Gasteiger partial charge in [-0.3, -0.25) is 15.1 Å². The minimum atomic E-state index is -3.36. The number of rotatable bonds is 11. The minimum absolute atomic E-state index is 0.262. The van der Waals surface area contributed by atoms with E-state index < -0.39 is 48.1 Å². The Hall–Kier alpha value is -2.64. The largest absolute Gasteiger partial charge is 0.336 e. The average Bonchev–Trinajstić information content (AvgIpc) is 3.53. The Bertz CT molecular complexity index is 992. The van der Waals surface area contributed by atoms with Crippen LogP contribution in [0.3, 0.4) is 0 Å². The first-order valence-electron chi connectivity index (χ1n) is 10.4. The zero-order valence-electron chi connectivity index (χ0n) is 18.0. The Balaban J connectivity index is 1.68. The summed E-state index contributed by atoms with van der Waals surface area (Å²) in [7, 11) is 0. The van der Waals surface area contributed by atoms with Crippen molar-refractivity contribution in [3.63, 3.8) is 0 Å². The van der Waals surface area contributed by atoms with E-state index in [2.05, 4.69) is 15.6 Å². The fourth-order valence-electron chi connectivity index (χ4n) is 3.20. The number of hydrogen-bond acceptors (Lipinski definition) is 5. The van der Waals surface area contributed by atoms with Crippen LogP contribution in [0, 0.1) is 18.3 Å². The molecule has 1 aromatic heterocycles. The third-order valence-electron chi connectivity index (χ3n) is 5.17. The van der Waals surface area contributed by atoms with E-state index in [9.17, 15) is 27.6 Å². The number of benzene rings is 1. The van der Waals surface area contributed by atoms with Gasteiger partial charge in [0.05, 0.1) is 18.7 Å². The second-order valence-electron chi connectivity index (χ2n) is 8.27. The third-order valence-corrected chi connectivity index (χ3v) is 6.12. The summed E-state index contributed by atoms with van der Waals surface area (Å²) in [6, 6.07) is 9.81. The van der Waals surface area contributed by atoms with Gasteiger partial charge < -0.3 is 5.32 Å². The quantitative estimate of drug-likeness (QED) is 0.367. The van der Waals surface area contributed by atoms with Gasteiger partial charge in [-0.25, -0.2) is 8.78 Å². The lowest BCUT2D eigenvalue weighted by Gasteiger charge is -2.26. The number of nitriles is 1. The molecule has 0 spiro atoms. The van der Waals surface area contributed by atoms with E-state index in [4.69, 9.17) is 0 Å². The number of alkyl halides is 4. The molecule has 1 aliphatic rings. The second kappa shape index (κ2) is 10.1. The third kappa shape index (κ3) is 7.72. The topological polar surface area (TPSA) is 77.8 Å². The average molecular weight is 481 g/mol. The number of thioether (sulfide) groups is 1. The van der Waals surface area contributed by atoms with Crippen LogP contribution in [-0.2, 0) is 11.2 Å². The standard InChI is InChI=1S/C23H24F4N4OS/c1-16-4-6-18(7-5-16)33-23(26,27)15-30-19(20(32)31-21(14-28)8-9-21)12-22(24,25)11-17-3-2-10-29-13-17/h2-7,10,13,19,30H,8-9,11-12,15H2,1H3,(H,31,32)/t19-/m0/s1. The first-order valence-corrected chi connectivity index (χ1v) is 11.2. The summed E-state index contributed by atoms with van der Waals surface area (Å²) in [5.74, 6) is -4.25. The Morgan fingerprint density at radius 2 is 1.94 bits per heavy atom. The molecular weight excluding hydrogens is 456 g/mol. The normalized spacial score (nSPS) is 16.0. The number of aromatic nitrogens is 1. The maximum absolute atomic E-state index is 14.7. The van der Waals surface area contributed by atoms with Crippen LogP contribution in [0.5, 0.6) is 0 Å². The lowest BCUT2D eigenvalue weighted by molar-refractivity contribution is -0.127. The van der Waals surface area contributed by atoms with Crippen molar-refractivity contribution in [2.45, 2.75) is 60.3 Å². The SMILES string of the molecule is Cc1ccc(SC(F)(F)CN[C@@H](CC(F)(F)Cc2cccnc2)C(=O)NC2(C#N)CC2)cc1. The molecule has 1 fully saturated rings. The van der Waals surface area contributed by atoms with Gasteiger partial charge in [-0.1, -0.05) is 35.5 Å². The summed E-state index contributed by atoms with van der Waals surface area (Å²) in [6.45, 7) is 0.836. The molecule has 0 bridgehead atoms. The van der Waals surface area contributed by atoms with Crippen molar-refractivity contribution in [3.05, 3.63) is 59.9 Å². The minimum Gasteiger partial charge on any atom is -0.336 e. The molecule has 1 atom stereocenters. The summed E-state index contributed by atoms with van der Waals surface area (Å²) in [6.07, 6.45) is 1.84. The molecule has 3 rings (SSSR count). The van der Waals surface area contributed by atoms with Gasteiger partial charge in [-0.2, -0.15) is 14.0 Å². The number of nitrogens with one attached hydrogen (secondary N) is 2.